The summed E-state index contributed by atoms with van der Waals surface area (Å²) < 4.78 is 18.4. The van der Waals surface area contributed by atoms with Crippen LogP contribution in [0, 0.1) is 6.92 Å². The van der Waals surface area contributed by atoms with Gasteiger partial charge in [-0.1, -0.05) is 48.0 Å². The molecule has 0 aliphatic heterocycles. The van der Waals surface area contributed by atoms with Crippen LogP contribution in [0.15, 0.2) is 59.6 Å². The first-order chi connectivity index (χ1) is 13.7. The minimum absolute atomic E-state index is 0.210. The summed E-state index contributed by atoms with van der Waals surface area (Å²) >= 11 is 0. The van der Waals surface area contributed by atoms with E-state index in [2.05, 4.69) is 4.99 Å². The van der Waals surface area contributed by atoms with Gasteiger partial charge in [0.15, 0.2) is 5.71 Å². The fourth-order valence-electron chi connectivity index (χ4n) is 2.33. The molecule has 29 heavy (non-hydrogen) atoms. The average Bonchev–Trinajstić information content (AvgIpc) is 2.70. The number of aryl methyl sites for hydroxylation is 1. The van der Waals surface area contributed by atoms with Gasteiger partial charge in [0.1, 0.15) is 6.61 Å². The van der Waals surface area contributed by atoms with Gasteiger partial charge >= 0.3 is 13.7 Å². The van der Waals surface area contributed by atoms with Gasteiger partial charge in [0.05, 0.1) is 0 Å². The van der Waals surface area contributed by atoms with Crippen molar-refractivity contribution in [2.75, 3.05) is 20.2 Å². The molecule has 2 N–H and O–H groups in total. The van der Waals surface area contributed by atoms with Crippen LogP contribution in [0.1, 0.15) is 21.5 Å². The minimum atomic E-state index is -4.26. The second-order valence-electron chi connectivity index (χ2n) is 6.42. The van der Waals surface area contributed by atoms with Crippen molar-refractivity contribution in [3.8, 4) is 0 Å². The van der Waals surface area contributed by atoms with E-state index >= 15 is 0 Å². The van der Waals surface area contributed by atoms with Gasteiger partial charge in [-0.15, -0.1) is 0 Å². The van der Waals surface area contributed by atoms with Crippen molar-refractivity contribution in [2.24, 2.45) is 4.99 Å². The Morgan fingerprint density at radius 1 is 1.10 bits per heavy atom. The monoisotopic (exact) mass is 418 g/mol. The van der Waals surface area contributed by atoms with Gasteiger partial charge in [0.25, 0.3) is 5.91 Å². The number of rotatable bonds is 9. The van der Waals surface area contributed by atoms with E-state index in [9.17, 15) is 24.2 Å². The SMILES string of the molecule is Cc1ccc(C(=O)/N=C(/COP(=O)(O)N(C)CCc2ccccc2)C(=O)O)cc1. The molecule has 0 saturated carbocycles. The molecule has 1 unspecified atom stereocenters. The van der Waals surface area contributed by atoms with Crippen molar-refractivity contribution in [2.45, 2.75) is 13.3 Å². The Hall–Kier alpha value is -2.64. The minimum Gasteiger partial charge on any atom is -0.477 e. The first-order valence-electron chi connectivity index (χ1n) is 8.84. The first-order valence-corrected chi connectivity index (χ1v) is 10.4. The van der Waals surface area contributed by atoms with Crippen molar-refractivity contribution in [3.05, 3.63) is 71.3 Å². The largest absolute Gasteiger partial charge is 0.477 e. The van der Waals surface area contributed by atoms with Crippen LogP contribution in [-0.4, -0.2) is 52.5 Å². The normalized spacial score (nSPS) is 13.9. The van der Waals surface area contributed by atoms with Gasteiger partial charge in [0.2, 0.25) is 0 Å². The maximum Gasteiger partial charge on any atom is 0.405 e. The second-order valence-corrected chi connectivity index (χ2v) is 8.34. The zero-order chi connectivity index (χ0) is 21.4. The summed E-state index contributed by atoms with van der Waals surface area (Å²) in [5.41, 5.74) is 1.48. The maximum atomic E-state index is 12.4. The summed E-state index contributed by atoms with van der Waals surface area (Å²) in [5, 5.41) is 9.25. The lowest BCUT2D eigenvalue weighted by Crippen LogP contribution is -2.25. The van der Waals surface area contributed by atoms with Crippen molar-refractivity contribution in [3.63, 3.8) is 0 Å². The average molecular weight is 418 g/mol. The number of aliphatic carboxylic acids is 1. The fraction of sp³-hybridized carbons (Fsp3) is 0.250. The van der Waals surface area contributed by atoms with Crippen molar-refractivity contribution >= 4 is 25.3 Å². The molecule has 8 nitrogen and oxygen atoms in total. The summed E-state index contributed by atoms with van der Waals surface area (Å²) in [6, 6.07) is 15.8. The lowest BCUT2D eigenvalue weighted by atomic mass is 10.1. The summed E-state index contributed by atoms with van der Waals surface area (Å²) in [6.07, 6.45) is 0.511. The number of carboxylic acids is 1. The molecule has 0 aliphatic rings. The van der Waals surface area contributed by atoms with E-state index in [0.717, 1.165) is 15.8 Å². The third-order valence-electron chi connectivity index (χ3n) is 4.15. The number of benzene rings is 2. The van der Waals surface area contributed by atoms with Crippen LogP contribution in [-0.2, 0) is 20.3 Å². The molecule has 2 rings (SSSR count). The first kappa shape index (κ1) is 22.6. The Balaban J connectivity index is 2.00. The summed E-state index contributed by atoms with van der Waals surface area (Å²) in [6.45, 7) is 1.29. The molecule has 0 radical (unpaired) electrons. The predicted molar refractivity (Wildman–Crippen MR) is 109 cm³/mol. The number of likely N-dealkylation sites (N-methyl/N-ethyl adjacent to an activating group) is 1. The van der Waals surface area contributed by atoms with Crippen LogP contribution in [0.5, 0.6) is 0 Å². The summed E-state index contributed by atoms with van der Waals surface area (Å²) in [7, 11) is -2.86. The van der Waals surface area contributed by atoms with Crippen LogP contribution in [0.4, 0.5) is 0 Å². The Kier molecular flexibility index (Phi) is 7.99. The van der Waals surface area contributed by atoms with Crippen molar-refractivity contribution in [1.82, 2.24) is 4.67 Å². The van der Waals surface area contributed by atoms with E-state index in [-0.39, 0.29) is 12.1 Å². The molecule has 0 aromatic heterocycles. The van der Waals surface area contributed by atoms with Crippen LogP contribution in [0.3, 0.4) is 0 Å². The quantitative estimate of drug-likeness (QED) is 0.475. The van der Waals surface area contributed by atoms with Crippen LogP contribution in [0.2, 0.25) is 0 Å². The number of hydrogen-bond acceptors (Lipinski definition) is 4. The number of aliphatic imine (C=N–C) groups is 1. The summed E-state index contributed by atoms with van der Waals surface area (Å²) in [5.74, 6) is -2.27. The van der Waals surface area contributed by atoms with Gasteiger partial charge in [-0.3, -0.25) is 9.32 Å². The molecule has 0 bridgehead atoms. The molecule has 0 fully saturated rings. The van der Waals surface area contributed by atoms with Crippen molar-refractivity contribution in [1.29, 1.82) is 0 Å². The van der Waals surface area contributed by atoms with E-state index in [1.54, 1.807) is 12.1 Å². The lowest BCUT2D eigenvalue weighted by Gasteiger charge is -2.22. The molecule has 1 atom stereocenters. The third kappa shape index (κ3) is 7.03. The number of nitrogens with zero attached hydrogens (tertiary/aromatic N) is 2. The molecule has 2 aromatic carbocycles. The third-order valence-corrected chi connectivity index (χ3v) is 5.68. The highest BCUT2D eigenvalue weighted by molar-refractivity contribution is 7.50. The zero-order valence-corrected chi connectivity index (χ0v) is 17.1. The number of carbonyl (C=O) groups excluding carboxylic acids is 1. The van der Waals surface area contributed by atoms with E-state index in [4.69, 9.17) is 4.52 Å². The maximum absolute atomic E-state index is 12.4. The molecular formula is C20H23N2O6P. The van der Waals surface area contributed by atoms with E-state index < -0.39 is 31.9 Å². The van der Waals surface area contributed by atoms with Crippen LogP contribution in [0.25, 0.3) is 0 Å². The van der Waals surface area contributed by atoms with Crippen LogP contribution < -0.4 is 0 Å². The summed E-state index contributed by atoms with van der Waals surface area (Å²) in [4.78, 5) is 37.1. The Bertz CT molecular complexity index is 928. The second kappa shape index (κ2) is 10.2. The van der Waals surface area contributed by atoms with Gasteiger partial charge in [-0.2, -0.15) is 0 Å². The smallest absolute Gasteiger partial charge is 0.405 e. The molecule has 0 saturated heterocycles. The van der Waals surface area contributed by atoms with Gasteiger partial charge in [0, 0.05) is 12.1 Å². The molecule has 2 aromatic rings. The van der Waals surface area contributed by atoms with Crippen molar-refractivity contribution < 1.29 is 28.7 Å². The topological polar surface area (TPSA) is 116 Å². The fourth-order valence-corrected chi connectivity index (χ4v) is 3.17. The highest BCUT2D eigenvalue weighted by Gasteiger charge is 2.28. The molecule has 0 aliphatic carbocycles. The predicted octanol–water partition coefficient (Wildman–Crippen LogP) is 2.95. The molecule has 1 amide bonds. The number of carboxylic acid groups (broad SMARTS) is 1. The number of amides is 1. The molecule has 9 heteroatoms. The van der Waals surface area contributed by atoms with Gasteiger partial charge in [-0.05, 0) is 38.1 Å². The van der Waals surface area contributed by atoms with E-state index in [1.165, 1.54) is 19.2 Å². The lowest BCUT2D eigenvalue weighted by molar-refractivity contribution is -0.129. The van der Waals surface area contributed by atoms with E-state index in [0.29, 0.717) is 6.42 Å². The number of hydrogen-bond donors (Lipinski definition) is 2. The number of carbonyl (C=O) groups is 2. The Morgan fingerprint density at radius 2 is 1.72 bits per heavy atom. The van der Waals surface area contributed by atoms with Gasteiger partial charge < -0.3 is 10.00 Å². The van der Waals surface area contributed by atoms with Gasteiger partial charge in [-0.25, -0.2) is 19.0 Å². The molecule has 0 spiro atoms. The van der Waals surface area contributed by atoms with Crippen LogP contribution >= 0.6 is 7.75 Å². The highest BCUT2D eigenvalue weighted by atomic mass is 31.2. The van der Waals surface area contributed by atoms with E-state index in [1.807, 2.05) is 37.3 Å². The standard InChI is InChI=1S/C20H23N2O6P/c1-15-8-10-17(11-9-15)19(23)21-18(20(24)25)14-28-29(26,27)22(2)13-12-16-6-4-3-5-7-16/h3-11H,12-14H2,1-2H3,(H,24,25)(H,26,27)/b21-18-. The molecule has 0 heterocycles. The molecule has 154 valence electrons. The molecular weight excluding hydrogens is 395 g/mol. The Morgan fingerprint density at radius 3 is 2.31 bits per heavy atom. The highest BCUT2D eigenvalue weighted by Crippen LogP contribution is 2.44. The Labute approximate surface area is 169 Å². The zero-order valence-electron chi connectivity index (χ0n) is 16.2.